The number of fused-ring (bicyclic) bond motifs is 2. The minimum Gasteiger partial charge on any atom is -0.378 e. The highest BCUT2D eigenvalue weighted by atomic mass is 16.1. The molecule has 0 saturated carbocycles. The van der Waals surface area contributed by atoms with Crippen LogP contribution in [0, 0.1) is 5.92 Å². The predicted octanol–water partition coefficient (Wildman–Crippen LogP) is 1.19. The Bertz CT molecular complexity index is 521. The van der Waals surface area contributed by atoms with Gasteiger partial charge in [0.25, 0.3) is 0 Å². The molecule has 3 N–H and O–H groups in total. The molecular weight excluding hydrogens is 214 g/mol. The van der Waals surface area contributed by atoms with Crippen LogP contribution in [0.1, 0.15) is 11.5 Å². The molecule has 1 aliphatic heterocycles. The summed E-state index contributed by atoms with van der Waals surface area (Å²) >= 11 is 0. The maximum atomic E-state index is 11.7. The number of pyridine rings is 1. The monoisotopic (exact) mass is 227 g/mol. The summed E-state index contributed by atoms with van der Waals surface area (Å²) in [4.78, 5) is 15.8. The second kappa shape index (κ2) is 3.73. The van der Waals surface area contributed by atoms with E-state index < -0.39 is 0 Å². The van der Waals surface area contributed by atoms with Gasteiger partial charge in [0.1, 0.15) is 0 Å². The maximum Gasteiger partial charge on any atom is 0.225 e. The highest BCUT2D eigenvalue weighted by molar-refractivity contribution is 5.86. The van der Waals surface area contributed by atoms with Gasteiger partial charge < -0.3 is 11.1 Å². The molecule has 3 unspecified atom stereocenters. The summed E-state index contributed by atoms with van der Waals surface area (Å²) in [7, 11) is 0. The largest absolute Gasteiger partial charge is 0.378 e. The molecule has 1 amide bonds. The number of aromatic nitrogens is 1. The fourth-order valence-electron chi connectivity index (χ4n) is 2.60. The van der Waals surface area contributed by atoms with Crippen molar-refractivity contribution in [3.8, 4) is 0 Å². The SMILES string of the molecule is NC(=O)C1c2cnccc2NC2C=CC=CC21. The summed E-state index contributed by atoms with van der Waals surface area (Å²) in [6.07, 6.45) is 11.5. The zero-order valence-electron chi connectivity index (χ0n) is 9.21. The van der Waals surface area contributed by atoms with Crippen LogP contribution in [0.4, 0.5) is 5.69 Å². The molecule has 17 heavy (non-hydrogen) atoms. The van der Waals surface area contributed by atoms with E-state index in [9.17, 15) is 4.79 Å². The van der Waals surface area contributed by atoms with Gasteiger partial charge in [-0.3, -0.25) is 9.78 Å². The molecule has 0 bridgehead atoms. The molecule has 86 valence electrons. The first-order valence-corrected chi connectivity index (χ1v) is 5.62. The number of hydrogen-bond donors (Lipinski definition) is 2. The number of carbonyl (C=O) groups excluding carboxylic acids is 1. The van der Waals surface area contributed by atoms with Crippen molar-refractivity contribution in [1.29, 1.82) is 0 Å². The number of hydrogen-bond acceptors (Lipinski definition) is 3. The van der Waals surface area contributed by atoms with Crippen molar-refractivity contribution >= 4 is 11.6 Å². The highest BCUT2D eigenvalue weighted by Crippen LogP contribution is 2.39. The van der Waals surface area contributed by atoms with Crippen LogP contribution in [0.15, 0.2) is 42.8 Å². The topological polar surface area (TPSA) is 68.0 Å². The Morgan fingerprint density at radius 3 is 3.00 bits per heavy atom. The molecule has 0 fully saturated rings. The normalized spacial score (nSPS) is 29.1. The van der Waals surface area contributed by atoms with Gasteiger partial charge in [-0.1, -0.05) is 24.3 Å². The maximum absolute atomic E-state index is 11.7. The Morgan fingerprint density at radius 2 is 2.18 bits per heavy atom. The van der Waals surface area contributed by atoms with Crippen molar-refractivity contribution in [3.63, 3.8) is 0 Å². The number of nitrogens with one attached hydrogen (secondary N) is 1. The molecule has 2 aliphatic rings. The fraction of sp³-hybridized carbons (Fsp3) is 0.231. The van der Waals surface area contributed by atoms with E-state index in [1.807, 2.05) is 24.3 Å². The molecule has 1 aromatic rings. The summed E-state index contributed by atoms with van der Waals surface area (Å²) < 4.78 is 0. The van der Waals surface area contributed by atoms with Crippen LogP contribution in [-0.2, 0) is 4.79 Å². The van der Waals surface area contributed by atoms with Gasteiger partial charge in [-0.2, -0.15) is 0 Å². The Labute approximate surface area is 99.2 Å². The zero-order valence-corrected chi connectivity index (χ0v) is 9.21. The molecule has 0 radical (unpaired) electrons. The second-order valence-electron chi connectivity index (χ2n) is 4.36. The zero-order chi connectivity index (χ0) is 11.8. The van der Waals surface area contributed by atoms with Crippen LogP contribution in [0.2, 0.25) is 0 Å². The number of carbonyl (C=O) groups is 1. The fourth-order valence-corrected chi connectivity index (χ4v) is 2.60. The minimum absolute atomic E-state index is 0.0780. The lowest BCUT2D eigenvalue weighted by Crippen LogP contribution is -2.41. The van der Waals surface area contributed by atoms with E-state index in [-0.39, 0.29) is 23.8 Å². The molecule has 0 saturated heterocycles. The van der Waals surface area contributed by atoms with E-state index in [0.29, 0.717) is 0 Å². The number of allylic oxidation sites excluding steroid dienone is 2. The van der Waals surface area contributed by atoms with E-state index in [2.05, 4.69) is 16.4 Å². The van der Waals surface area contributed by atoms with Crippen molar-refractivity contribution in [2.45, 2.75) is 12.0 Å². The average molecular weight is 227 g/mol. The van der Waals surface area contributed by atoms with Crippen LogP contribution in [-0.4, -0.2) is 16.9 Å². The highest BCUT2D eigenvalue weighted by Gasteiger charge is 2.38. The Kier molecular flexibility index (Phi) is 2.21. The third kappa shape index (κ3) is 1.53. The summed E-state index contributed by atoms with van der Waals surface area (Å²) in [6, 6.07) is 2.01. The van der Waals surface area contributed by atoms with Crippen LogP contribution < -0.4 is 11.1 Å². The van der Waals surface area contributed by atoms with Crippen LogP contribution in [0.3, 0.4) is 0 Å². The lowest BCUT2D eigenvalue weighted by Gasteiger charge is -2.37. The number of anilines is 1. The standard InChI is InChI=1S/C13H13N3O/c14-13(17)12-8-3-1-2-4-10(8)16-11-5-6-15-7-9(11)12/h1-8,10,12,16H,(H2,14,17). The van der Waals surface area contributed by atoms with Crippen molar-refractivity contribution < 1.29 is 4.79 Å². The van der Waals surface area contributed by atoms with Gasteiger partial charge in [-0.25, -0.2) is 0 Å². The summed E-state index contributed by atoms with van der Waals surface area (Å²) in [5.74, 6) is -0.518. The number of amides is 1. The lowest BCUT2D eigenvalue weighted by atomic mass is 9.76. The van der Waals surface area contributed by atoms with Crippen molar-refractivity contribution in [1.82, 2.24) is 4.98 Å². The van der Waals surface area contributed by atoms with Crippen molar-refractivity contribution in [2.75, 3.05) is 5.32 Å². The first-order valence-electron chi connectivity index (χ1n) is 5.62. The second-order valence-corrected chi connectivity index (χ2v) is 4.36. The van der Waals surface area contributed by atoms with Gasteiger partial charge in [0, 0.05) is 29.6 Å². The van der Waals surface area contributed by atoms with Crippen LogP contribution in [0.5, 0.6) is 0 Å². The molecule has 0 spiro atoms. The van der Waals surface area contributed by atoms with E-state index in [1.165, 1.54) is 0 Å². The molecule has 4 nitrogen and oxygen atoms in total. The van der Waals surface area contributed by atoms with Gasteiger partial charge in [0.05, 0.1) is 12.0 Å². The van der Waals surface area contributed by atoms with Crippen LogP contribution >= 0.6 is 0 Å². The van der Waals surface area contributed by atoms with E-state index >= 15 is 0 Å². The molecule has 1 aliphatic carbocycles. The number of nitrogens with zero attached hydrogens (tertiary/aromatic N) is 1. The van der Waals surface area contributed by atoms with Gasteiger partial charge in [-0.05, 0) is 6.07 Å². The molecule has 2 heterocycles. The van der Waals surface area contributed by atoms with Crippen molar-refractivity contribution in [2.24, 2.45) is 11.7 Å². The van der Waals surface area contributed by atoms with Gasteiger partial charge in [0.2, 0.25) is 5.91 Å². The van der Waals surface area contributed by atoms with Gasteiger partial charge in [-0.15, -0.1) is 0 Å². The van der Waals surface area contributed by atoms with Crippen molar-refractivity contribution in [3.05, 3.63) is 48.3 Å². The van der Waals surface area contributed by atoms with Gasteiger partial charge >= 0.3 is 0 Å². The minimum atomic E-state index is -0.300. The average Bonchev–Trinajstić information content (AvgIpc) is 2.35. The third-order valence-electron chi connectivity index (χ3n) is 3.38. The van der Waals surface area contributed by atoms with E-state index in [0.717, 1.165) is 11.3 Å². The molecule has 3 atom stereocenters. The smallest absolute Gasteiger partial charge is 0.225 e. The van der Waals surface area contributed by atoms with E-state index in [1.54, 1.807) is 12.4 Å². The molecule has 1 aromatic heterocycles. The number of primary amides is 1. The summed E-state index contributed by atoms with van der Waals surface area (Å²) in [5, 5.41) is 3.40. The Hall–Kier alpha value is -2.10. The van der Waals surface area contributed by atoms with Crippen LogP contribution in [0.25, 0.3) is 0 Å². The Morgan fingerprint density at radius 1 is 1.35 bits per heavy atom. The number of nitrogens with two attached hydrogens (primary N) is 1. The first kappa shape index (κ1) is 10.1. The number of rotatable bonds is 1. The summed E-state index contributed by atoms with van der Waals surface area (Å²) in [6.45, 7) is 0. The predicted molar refractivity (Wildman–Crippen MR) is 65.4 cm³/mol. The molecule has 4 heteroatoms. The summed E-state index contributed by atoms with van der Waals surface area (Å²) in [5.41, 5.74) is 7.38. The third-order valence-corrected chi connectivity index (χ3v) is 3.38. The Balaban J connectivity index is 2.12. The molecule has 3 rings (SSSR count). The van der Waals surface area contributed by atoms with E-state index in [4.69, 9.17) is 5.73 Å². The first-order chi connectivity index (χ1) is 8.27. The van der Waals surface area contributed by atoms with Gasteiger partial charge in [0.15, 0.2) is 0 Å². The molecule has 0 aromatic carbocycles. The molecular formula is C13H13N3O. The lowest BCUT2D eigenvalue weighted by molar-refractivity contribution is -0.120. The quantitative estimate of drug-likeness (QED) is 0.757.